The minimum atomic E-state index is -0.137. The Morgan fingerprint density at radius 1 is 1.19 bits per heavy atom. The van der Waals surface area contributed by atoms with Crippen LogP contribution >= 0.6 is 0 Å². The van der Waals surface area contributed by atoms with Crippen molar-refractivity contribution in [2.45, 2.75) is 51.5 Å². The molecule has 0 spiro atoms. The van der Waals surface area contributed by atoms with Gasteiger partial charge in [-0.2, -0.15) is 0 Å². The van der Waals surface area contributed by atoms with E-state index in [4.69, 9.17) is 9.47 Å². The topological polar surface area (TPSA) is 73.3 Å². The van der Waals surface area contributed by atoms with Crippen molar-refractivity contribution in [3.05, 3.63) is 46.9 Å². The number of nitrogens with zero attached hydrogens (tertiary/aromatic N) is 2. The fourth-order valence-electron chi connectivity index (χ4n) is 3.67. The first-order chi connectivity index (χ1) is 13.2. The van der Waals surface area contributed by atoms with Gasteiger partial charge in [0.15, 0.2) is 5.75 Å². The van der Waals surface area contributed by atoms with Crippen LogP contribution in [0.5, 0.6) is 11.6 Å². The molecule has 1 amide bonds. The molecule has 27 heavy (non-hydrogen) atoms. The van der Waals surface area contributed by atoms with Gasteiger partial charge in [-0.15, -0.1) is 0 Å². The molecule has 1 N–H and O–H groups in total. The number of hydrogen-bond donors (Lipinski definition) is 1. The molecule has 4 rings (SSSR count). The second-order valence-electron chi connectivity index (χ2n) is 7.29. The van der Waals surface area contributed by atoms with E-state index >= 15 is 0 Å². The molecule has 1 aliphatic carbocycles. The maximum atomic E-state index is 12.8. The van der Waals surface area contributed by atoms with Gasteiger partial charge in [0.25, 0.3) is 11.8 Å². The molecule has 3 heterocycles. The normalized spacial score (nSPS) is 16.8. The van der Waals surface area contributed by atoms with E-state index in [1.54, 1.807) is 0 Å². The third kappa shape index (κ3) is 4.21. The van der Waals surface area contributed by atoms with Gasteiger partial charge >= 0.3 is 0 Å². The summed E-state index contributed by atoms with van der Waals surface area (Å²) in [4.78, 5) is 21.5. The number of nitrogens with one attached hydrogen (secondary N) is 1. The van der Waals surface area contributed by atoms with Crippen molar-refractivity contribution in [2.24, 2.45) is 0 Å². The zero-order chi connectivity index (χ0) is 18.6. The minimum Gasteiger partial charge on any atom is -0.484 e. The minimum absolute atomic E-state index is 0.137. The third-order valence-corrected chi connectivity index (χ3v) is 5.13. The molecule has 2 aliphatic rings. The first kappa shape index (κ1) is 17.8. The van der Waals surface area contributed by atoms with Crippen molar-refractivity contribution < 1.29 is 14.3 Å². The fraction of sp³-hybridized carbons (Fsp3) is 0.476. The lowest BCUT2D eigenvalue weighted by Crippen LogP contribution is -2.36. The lowest BCUT2D eigenvalue weighted by atomic mass is 9.95. The molecule has 6 heteroatoms. The number of ether oxygens (including phenoxy) is 2. The van der Waals surface area contributed by atoms with Crippen LogP contribution in [0.1, 0.15) is 59.4 Å². The van der Waals surface area contributed by atoms with E-state index in [2.05, 4.69) is 15.3 Å². The number of fused-ring (bicyclic) bond motifs is 1. The van der Waals surface area contributed by atoms with E-state index in [-0.39, 0.29) is 11.9 Å². The number of aromatic nitrogens is 2. The van der Waals surface area contributed by atoms with Crippen LogP contribution in [0.2, 0.25) is 0 Å². The largest absolute Gasteiger partial charge is 0.484 e. The number of carbonyl (C=O) groups excluding carboxylic acids is 1. The number of aryl methyl sites for hydroxylation is 1. The average Bonchev–Trinajstić information content (AvgIpc) is 2.70. The lowest BCUT2D eigenvalue weighted by molar-refractivity contribution is 0.0919. The Morgan fingerprint density at radius 3 is 2.78 bits per heavy atom. The van der Waals surface area contributed by atoms with Crippen LogP contribution in [0.15, 0.2) is 24.4 Å². The Balaban J connectivity index is 1.60. The lowest BCUT2D eigenvalue weighted by Gasteiger charge is -2.24. The highest BCUT2D eigenvalue weighted by Crippen LogP contribution is 2.34. The number of pyridine rings is 2. The fourth-order valence-corrected chi connectivity index (χ4v) is 3.67. The van der Waals surface area contributed by atoms with Gasteiger partial charge < -0.3 is 14.8 Å². The molecule has 0 radical (unpaired) electrons. The standard InChI is InChI=1S/C21H25N3O3/c1-14-7-8-15(13-22-14)11-16-12-18(24-21-19(16)26-9-10-27-21)20(25)23-17-5-3-2-4-6-17/h7-8,12-13,17H,2-6,9-11H2,1H3,(H,23,25). The van der Waals surface area contributed by atoms with Gasteiger partial charge in [-0.1, -0.05) is 25.3 Å². The molecule has 1 aliphatic heterocycles. The third-order valence-electron chi connectivity index (χ3n) is 5.13. The first-order valence-corrected chi connectivity index (χ1v) is 9.71. The predicted octanol–water partition coefficient (Wildman–Crippen LogP) is 3.21. The maximum Gasteiger partial charge on any atom is 0.270 e. The summed E-state index contributed by atoms with van der Waals surface area (Å²) >= 11 is 0. The second-order valence-corrected chi connectivity index (χ2v) is 7.29. The Morgan fingerprint density at radius 2 is 2.00 bits per heavy atom. The van der Waals surface area contributed by atoms with Crippen molar-refractivity contribution in [1.29, 1.82) is 0 Å². The molecular weight excluding hydrogens is 342 g/mol. The van der Waals surface area contributed by atoms with Gasteiger partial charge in [-0.3, -0.25) is 9.78 Å². The van der Waals surface area contributed by atoms with E-state index in [9.17, 15) is 4.79 Å². The molecule has 1 fully saturated rings. The molecule has 6 nitrogen and oxygen atoms in total. The number of carbonyl (C=O) groups is 1. The Hall–Kier alpha value is -2.63. The van der Waals surface area contributed by atoms with Crippen molar-refractivity contribution in [2.75, 3.05) is 13.2 Å². The first-order valence-electron chi connectivity index (χ1n) is 9.71. The zero-order valence-corrected chi connectivity index (χ0v) is 15.7. The molecule has 0 atom stereocenters. The molecule has 2 aromatic rings. The van der Waals surface area contributed by atoms with Gasteiger partial charge in [0.05, 0.1) is 0 Å². The predicted molar refractivity (Wildman–Crippen MR) is 101 cm³/mol. The highest BCUT2D eigenvalue weighted by Gasteiger charge is 2.24. The van der Waals surface area contributed by atoms with Crippen molar-refractivity contribution in [1.82, 2.24) is 15.3 Å². The van der Waals surface area contributed by atoms with Crippen molar-refractivity contribution >= 4 is 5.91 Å². The second kappa shape index (κ2) is 7.94. The summed E-state index contributed by atoms with van der Waals surface area (Å²) in [6.07, 6.45) is 8.15. The van der Waals surface area contributed by atoms with Gasteiger partial charge in [-0.25, -0.2) is 4.98 Å². The van der Waals surface area contributed by atoms with E-state index < -0.39 is 0 Å². The number of amides is 1. The summed E-state index contributed by atoms with van der Waals surface area (Å²) < 4.78 is 11.5. The Labute approximate surface area is 159 Å². The monoisotopic (exact) mass is 367 g/mol. The van der Waals surface area contributed by atoms with Crippen LogP contribution < -0.4 is 14.8 Å². The van der Waals surface area contributed by atoms with E-state index in [1.165, 1.54) is 19.3 Å². The summed E-state index contributed by atoms with van der Waals surface area (Å²) in [5.41, 5.74) is 3.32. The summed E-state index contributed by atoms with van der Waals surface area (Å²) in [7, 11) is 0. The quantitative estimate of drug-likeness (QED) is 0.898. The summed E-state index contributed by atoms with van der Waals surface area (Å²) in [5.74, 6) is 0.908. The molecular formula is C21H25N3O3. The molecule has 1 saturated carbocycles. The summed E-state index contributed by atoms with van der Waals surface area (Å²) in [6.45, 7) is 2.89. The number of hydrogen-bond acceptors (Lipinski definition) is 5. The average molecular weight is 367 g/mol. The molecule has 0 bridgehead atoms. The molecule has 0 unspecified atom stereocenters. The Kier molecular flexibility index (Phi) is 5.23. The molecule has 0 saturated heterocycles. The summed E-state index contributed by atoms with van der Waals surface area (Å²) in [5, 5.41) is 3.13. The van der Waals surface area contributed by atoms with Crippen LogP contribution in [-0.4, -0.2) is 35.1 Å². The number of rotatable bonds is 4. The summed E-state index contributed by atoms with van der Waals surface area (Å²) in [6, 6.07) is 6.09. The maximum absolute atomic E-state index is 12.8. The highest BCUT2D eigenvalue weighted by atomic mass is 16.6. The Bertz CT molecular complexity index is 814. The van der Waals surface area contributed by atoms with Gasteiger partial charge in [0.1, 0.15) is 18.9 Å². The van der Waals surface area contributed by atoms with Gasteiger partial charge in [-0.05, 0) is 37.5 Å². The highest BCUT2D eigenvalue weighted by molar-refractivity contribution is 5.93. The molecule has 0 aromatic carbocycles. The smallest absolute Gasteiger partial charge is 0.270 e. The van der Waals surface area contributed by atoms with Crippen LogP contribution in [0.4, 0.5) is 0 Å². The van der Waals surface area contributed by atoms with E-state index in [0.29, 0.717) is 37.0 Å². The van der Waals surface area contributed by atoms with Crippen LogP contribution in [0.25, 0.3) is 0 Å². The van der Waals surface area contributed by atoms with E-state index in [0.717, 1.165) is 29.7 Å². The van der Waals surface area contributed by atoms with E-state index in [1.807, 2.05) is 31.3 Å². The molecule has 142 valence electrons. The SMILES string of the molecule is Cc1ccc(Cc2cc(C(=O)NC3CCCCC3)nc3c2OCCO3)cn1. The van der Waals surface area contributed by atoms with Crippen LogP contribution in [0, 0.1) is 6.92 Å². The van der Waals surface area contributed by atoms with Crippen LogP contribution in [0.3, 0.4) is 0 Å². The van der Waals surface area contributed by atoms with Crippen LogP contribution in [-0.2, 0) is 6.42 Å². The van der Waals surface area contributed by atoms with Gasteiger partial charge in [0, 0.05) is 29.9 Å². The molecule has 2 aromatic heterocycles. The zero-order valence-electron chi connectivity index (χ0n) is 15.7. The van der Waals surface area contributed by atoms with Crippen molar-refractivity contribution in [3.63, 3.8) is 0 Å². The van der Waals surface area contributed by atoms with Crippen molar-refractivity contribution in [3.8, 4) is 11.6 Å². The van der Waals surface area contributed by atoms with Gasteiger partial charge in [0.2, 0.25) is 0 Å².